The number of hydrogen-bond donors (Lipinski definition) is 0. The predicted molar refractivity (Wildman–Crippen MR) is 69.4 cm³/mol. The van der Waals surface area contributed by atoms with Crippen LogP contribution in [0.5, 0.6) is 0 Å². The van der Waals surface area contributed by atoms with Crippen molar-refractivity contribution in [3.63, 3.8) is 0 Å². The van der Waals surface area contributed by atoms with Crippen LogP contribution >= 0.6 is 0 Å². The first-order valence-electron chi connectivity index (χ1n) is 6.74. The quantitative estimate of drug-likeness (QED) is 0.569. The molecule has 3 aliphatic carbocycles. The normalized spacial score (nSPS) is 27.9. The van der Waals surface area contributed by atoms with Gasteiger partial charge in [0.2, 0.25) is 0 Å². The fourth-order valence-corrected chi connectivity index (χ4v) is 7.37. The van der Waals surface area contributed by atoms with Gasteiger partial charge in [0, 0.05) is 0 Å². The van der Waals surface area contributed by atoms with Crippen LogP contribution in [-0.4, -0.2) is 0 Å². The monoisotopic (exact) mass is 372 g/mol. The van der Waals surface area contributed by atoms with Crippen molar-refractivity contribution in [3.8, 4) is 0 Å². The van der Waals surface area contributed by atoms with E-state index in [1.165, 1.54) is 25.7 Å². The molecule has 3 heteroatoms. The molecule has 19 heavy (non-hydrogen) atoms. The third-order valence-corrected chi connectivity index (χ3v) is 8.63. The number of hydrogen-bond acceptors (Lipinski definition) is 0. The second-order valence-electron chi connectivity index (χ2n) is 5.61. The Labute approximate surface area is 140 Å². The van der Waals surface area contributed by atoms with Crippen LogP contribution in [0, 0.1) is 5.92 Å². The molecule has 102 valence electrons. The molecule has 2 unspecified atom stereocenters. The Hall–Kier alpha value is 0.423. The van der Waals surface area contributed by atoms with Gasteiger partial charge in [-0.15, -0.1) is 0 Å². The Morgan fingerprint density at radius 3 is 2.63 bits per heavy atom. The molecule has 0 saturated heterocycles. The van der Waals surface area contributed by atoms with Gasteiger partial charge in [0.1, 0.15) is 0 Å². The maximum absolute atomic E-state index is 2.55. The molecule has 3 rings (SSSR count). The Kier molecular flexibility index (Phi) is 6.84. The van der Waals surface area contributed by atoms with Crippen LogP contribution in [0.3, 0.4) is 0 Å². The van der Waals surface area contributed by atoms with Crippen LogP contribution in [0.25, 0.3) is 0 Å². The van der Waals surface area contributed by atoms with E-state index in [-0.39, 0.29) is 48.0 Å². The van der Waals surface area contributed by atoms with E-state index in [0.29, 0.717) is 0 Å². The molecule has 0 N–H and O–H groups in total. The maximum atomic E-state index is 2.55. The van der Waals surface area contributed by atoms with Gasteiger partial charge in [0.25, 0.3) is 0 Å². The summed E-state index contributed by atoms with van der Waals surface area (Å²) in [5, 5.41) is 0. The maximum Gasteiger partial charge on any atom is -1.00 e. The van der Waals surface area contributed by atoms with E-state index < -0.39 is 0 Å². The molecule has 0 nitrogen and oxygen atoms in total. The van der Waals surface area contributed by atoms with E-state index in [0.717, 1.165) is 9.54 Å². The van der Waals surface area contributed by atoms with Crippen molar-refractivity contribution < 1.29 is 48.0 Å². The van der Waals surface area contributed by atoms with Crippen molar-refractivity contribution in [2.24, 2.45) is 5.92 Å². The summed E-state index contributed by atoms with van der Waals surface area (Å²) in [7, 11) is 0. The first-order chi connectivity index (χ1) is 8.24. The summed E-state index contributed by atoms with van der Waals surface area (Å²) in [4.78, 5) is 0. The second-order valence-corrected chi connectivity index (χ2v) is 9.61. The van der Waals surface area contributed by atoms with Crippen LogP contribution in [-0.2, 0) is 23.2 Å². The van der Waals surface area contributed by atoms with Gasteiger partial charge in [0.05, 0.1) is 0 Å². The third kappa shape index (κ3) is 3.75. The van der Waals surface area contributed by atoms with Crippen LogP contribution in [0.4, 0.5) is 0 Å². The van der Waals surface area contributed by atoms with Crippen LogP contribution in [0.1, 0.15) is 39.5 Å². The van der Waals surface area contributed by atoms with Gasteiger partial charge in [-0.2, -0.15) is 0 Å². The molecule has 3 aliphatic rings. The number of halogens is 2. The number of allylic oxidation sites excluding steroid dienone is 8. The molecular formula is C16H20Cl2Zr. The van der Waals surface area contributed by atoms with Crippen molar-refractivity contribution in [1.29, 1.82) is 0 Å². The summed E-state index contributed by atoms with van der Waals surface area (Å²) in [6.07, 6.45) is 15.1. The molecule has 0 aromatic carbocycles. The fourth-order valence-electron chi connectivity index (χ4n) is 3.26. The molecule has 0 aliphatic heterocycles. The SMILES string of the molecule is CC1=C(C)CC2CC[CH]([Zr+2][C]3=CC=CC3)C2=C1.[Cl-].[Cl-]. The average Bonchev–Trinajstić information content (AvgIpc) is 2.92. The summed E-state index contributed by atoms with van der Waals surface area (Å²) in [5.41, 5.74) is 5.03. The fraction of sp³-hybridized carbons (Fsp3) is 0.500. The molecule has 0 radical (unpaired) electrons. The van der Waals surface area contributed by atoms with E-state index in [1.54, 1.807) is 11.1 Å². The van der Waals surface area contributed by atoms with E-state index in [9.17, 15) is 0 Å². The minimum atomic E-state index is -0.334. The second kappa shape index (κ2) is 7.44. The van der Waals surface area contributed by atoms with Crippen molar-refractivity contribution in [2.45, 2.75) is 43.2 Å². The van der Waals surface area contributed by atoms with Crippen LogP contribution in [0.2, 0.25) is 3.63 Å². The predicted octanol–water partition coefficient (Wildman–Crippen LogP) is -1.21. The molecule has 0 heterocycles. The Morgan fingerprint density at radius 1 is 1.16 bits per heavy atom. The summed E-state index contributed by atoms with van der Waals surface area (Å²) < 4.78 is 2.82. The smallest absolute Gasteiger partial charge is 1.00 e. The van der Waals surface area contributed by atoms with Crippen molar-refractivity contribution in [1.82, 2.24) is 0 Å². The van der Waals surface area contributed by atoms with Crippen molar-refractivity contribution >= 4 is 0 Å². The molecular weight excluding hydrogens is 354 g/mol. The molecule has 0 amide bonds. The third-order valence-electron chi connectivity index (χ3n) is 4.42. The molecule has 0 aromatic rings. The van der Waals surface area contributed by atoms with Gasteiger partial charge in [-0.05, 0) is 0 Å². The summed E-state index contributed by atoms with van der Waals surface area (Å²) in [6, 6.07) is 0. The zero-order chi connectivity index (χ0) is 11.8. The van der Waals surface area contributed by atoms with Crippen molar-refractivity contribution in [2.75, 3.05) is 0 Å². The molecule has 1 fully saturated rings. The molecule has 0 aromatic heterocycles. The first-order valence-corrected chi connectivity index (χ1v) is 9.39. The molecule has 0 spiro atoms. The summed E-state index contributed by atoms with van der Waals surface area (Å²) in [6.45, 7) is 4.62. The standard InChI is InChI=1S/C11H15.C5H5.2ClH.Zr/c1-8-6-10-4-3-5-11(10)7-9(8)2;1-2-4-5-3-1;;;/h4,6,11H,3,5,7H2,1-2H3;1-3H,4H2;2*1H;/q;;;;+2/p-2. The van der Waals surface area contributed by atoms with E-state index in [2.05, 4.69) is 38.2 Å². The summed E-state index contributed by atoms with van der Waals surface area (Å²) >= 11 is -0.334. The molecule has 1 saturated carbocycles. The Balaban J connectivity index is 0.000000902. The minimum absolute atomic E-state index is 0. The van der Waals surface area contributed by atoms with Gasteiger partial charge in [-0.1, -0.05) is 0 Å². The zero-order valence-electron chi connectivity index (χ0n) is 11.5. The molecule has 2 atom stereocenters. The topological polar surface area (TPSA) is 0 Å². The van der Waals surface area contributed by atoms with Crippen molar-refractivity contribution in [3.05, 3.63) is 44.3 Å². The van der Waals surface area contributed by atoms with Gasteiger partial charge in [-0.25, -0.2) is 0 Å². The Bertz CT molecular complexity index is 457. The van der Waals surface area contributed by atoms with E-state index >= 15 is 0 Å². The van der Waals surface area contributed by atoms with Gasteiger partial charge in [0.15, 0.2) is 0 Å². The largest absolute Gasteiger partial charge is 1.00 e. The number of fused-ring (bicyclic) bond motifs is 1. The zero-order valence-corrected chi connectivity index (χ0v) is 15.5. The first kappa shape index (κ1) is 17.5. The summed E-state index contributed by atoms with van der Waals surface area (Å²) in [5.74, 6) is 0.916. The number of rotatable bonds is 2. The van der Waals surface area contributed by atoms with E-state index in [1.807, 2.05) is 8.85 Å². The average molecular weight is 374 g/mol. The van der Waals surface area contributed by atoms with Gasteiger partial charge >= 0.3 is 117 Å². The molecule has 0 bridgehead atoms. The van der Waals surface area contributed by atoms with E-state index in [4.69, 9.17) is 0 Å². The van der Waals surface area contributed by atoms with Gasteiger partial charge < -0.3 is 24.8 Å². The van der Waals surface area contributed by atoms with Gasteiger partial charge in [-0.3, -0.25) is 0 Å². The van der Waals surface area contributed by atoms with Crippen LogP contribution in [0.15, 0.2) is 44.3 Å². The minimum Gasteiger partial charge on any atom is -1.00 e. The van der Waals surface area contributed by atoms with Crippen LogP contribution < -0.4 is 24.8 Å². The Morgan fingerprint density at radius 2 is 1.95 bits per heavy atom.